The fourth-order valence-corrected chi connectivity index (χ4v) is 12.1. The SMILES string of the molecule is COc1cc(CNCCCNCCCCNCCCN[C@H]2CC[C@]3(C)C4CC[C@@]5(C)C(CC[C@@H]5[C@H](C)CCCC(C)C)C4[C@H](O)C[C@H]3C2)ccc1O. The molecule has 1 aromatic rings. The Labute approximate surface area is 319 Å². The molecule has 0 aromatic heterocycles. The van der Waals surface area contributed by atoms with E-state index in [1.165, 1.54) is 83.5 Å². The molecule has 4 aliphatic carbocycles. The van der Waals surface area contributed by atoms with Crippen molar-refractivity contribution in [1.82, 2.24) is 21.3 Å². The lowest BCUT2D eigenvalue weighted by molar-refractivity contribution is -0.167. The molecule has 0 amide bonds. The first-order chi connectivity index (χ1) is 25.1. The van der Waals surface area contributed by atoms with Crippen molar-refractivity contribution in [2.45, 2.75) is 150 Å². The maximum atomic E-state index is 11.9. The summed E-state index contributed by atoms with van der Waals surface area (Å²) in [6, 6.07) is 6.13. The van der Waals surface area contributed by atoms with Crippen molar-refractivity contribution in [3.63, 3.8) is 0 Å². The molecule has 0 spiro atoms. The first kappa shape index (κ1) is 41.8. The Morgan fingerprint density at radius 3 is 2.17 bits per heavy atom. The number of hydrogen-bond donors (Lipinski definition) is 6. The van der Waals surface area contributed by atoms with Crippen LogP contribution in [0.25, 0.3) is 0 Å². The Bertz CT molecular complexity index is 1200. The lowest BCUT2D eigenvalue weighted by Crippen LogP contribution is -2.59. The van der Waals surface area contributed by atoms with Crippen molar-refractivity contribution in [1.29, 1.82) is 0 Å². The van der Waals surface area contributed by atoms with Gasteiger partial charge in [-0.25, -0.2) is 0 Å². The Morgan fingerprint density at radius 2 is 1.44 bits per heavy atom. The van der Waals surface area contributed by atoms with Crippen LogP contribution in [-0.2, 0) is 6.54 Å². The molecule has 0 aliphatic heterocycles. The van der Waals surface area contributed by atoms with Crippen LogP contribution in [0.1, 0.15) is 136 Å². The highest BCUT2D eigenvalue weighted by Crippen LogP contribution is 2.68. The molecule has 4 aliphatic rings. The number of aromatic hydroxyl groups is 1. The Hall–Kier alpha value is -1.38. The highest BCUT2D eigenvalue weighted by atomic mass is 16.5. The quantitative estimate of drug-likeness (QED) is 0.0671. The van der Waals surface area contributed by atoms with Crippen molar-refractivity contribution in [2.75, 3.05) is 46.4 Å². The predicted molar refractivity (Wildman–Crippen MR) is 217 cm³/mol. The molecule has 1 aromatic carbocycles. The zero-order valence-corrected chi connectivity index (χ0v) is 34.3. The zero-order valence-electron chi connectivity index (χ0n) is 34.3. The highest BCUT2D eigenvalue weighted by molar-refractivity contribution is 5.41. The smallest absolute Gasteiger partial charge is 0.160 e. The minimum Gasteiger partial charge on any atom is -0.504 e. The van der Waals surface area contributed by atoms with E-state index in [0.29, 0.717) is 34.5 Å². The second-order valence-electron chi connectivity index (χ2n) is 18.8. The molecule has 52 heavy (non-hydrogen) atoms. The van der Waals surface area contributed by atoms with E-state index in [0.717, 1.165) is 93.8 Å². The fourth-order valence-electron chi connectivity index (χ4n) is 12.1. The normalized spacial score (nSPS) is 33.4. The van der Waals surface area contributed by atoms with Crippen molar-refractivity contribution >= 4 is 0 Å². The number of ether oxygens (including phenoxy) is 1. The molecule has 6 N–H and O–H groups in total. The van der Waals surface area contributed by atoms with E-state index in [1.54, 1.807) is 13.2 Å². The number of nitrogens with one attached hydrogen (secondary N) is 4. The maximum absolute atomic E-state index is 11.9. The number of phenols is 1. The highest BCUT2D eigenvalue weighted by Gasteiger charge is 2.62. The number of aliphatic hydroxyl groups excluding tert-OH is 1. The predicted octanol–water partition coefficient (Wildman–Crippen LogP) is 8.28. The van der Waals surface area contributed by atoms with Crippen molar-refractivity contribution < 1.29 is 14.9 Å². The van der Waals surface area contributed by atoms with E-state index in [1.807, 2.05) is 12.1 Å². The van der Waals surface area contributed by atoms with E-state index in [2.05, 4.69) is 55.9 Å². The maximum Gasteiger partial charge on any atom is 0.160 e. The summed E-state index contributed by atoms with van der Waals surface area (Å²) >= 11 is 0. The van der Waals surface area contributed by atoms with Crippen LogP contribution in [0.3, 0.4) is 0 Å². The minimum absolute atomic E-state index is 0.0918. The third-order valence-corrected chi connectivity index (χ3v) is 15.1. The lowest BCUT2D eigenvalue weighted by Gasteiger charge is -2.62. The first-order valence-electron chi connectivity index (χ1n) is 22.0. The topological polar surface area (TPSA) is 97.8 Å². The van der Waals surface area contributed by atoms with E-state index in [9.17, 15) is 10.2 Å². The molecule has 0 radical (unpaired) electrons. The van der Waals surface area contributed by atoms with Crippen LogP contribution < -0.4 is 26.0 Å². The van der Waals surface area contributed by atoms with Gasteiger partial charge in [0, 0.05) is 12.6 Å². The summed E-state index contributed by atoms with van der Waals surface area (Å²) in [4.78, 5) is 0. The third-order valence-electron chi connectivity index (χ3n) is 15.1. The van der Waals surface area contributed by atoms with Crippen LogP contribution >= 0.6 is 0 Å². The number of fused-ring (bicyclic) bond motifs is 5. The summed E-state index contributed by atoms with van der Waals surface area (Å²) < 4.78 is 5.19. The molecule has 5 rings (SSSR count). The summed E-state index contributed by atoms with van der Waals surface area (Å²) in [6.07, 6.45) is 19.3. The molecule has 7 heteroatoms. The molecule has 4 saturated carbocycles. The molecule has 0 heterocycles. The van der Waals surface area contributed by atoms with E-state index >= 15 is 0 Å². The van der Waals surface area contributed by atoms with Gasteiger partial charge in [-0.3, -0.25) is 0 Å². The molecule has 7 nitrogen and oxygen atoms in total. The number of unbranched alkanes of at least 4 members (excludes halogenated alkanes) is 1. The molecule has 298 valence electrons. The van der Waals surface area contributed by atoms with Crippen LogP contribution in [0.15, 0.2) is 18.2 Å². The summed E-state index contributed by atoms with van der Waals surface area (Å²) in [7, 11) is 1.58. The second kappa shape index (κ2) is 20.0. The number of hydrogen-bond acceptors (Lipinski definition) is 7. The first-order valence-corrected chi connectivity index (χ1v) is 22.0. The van der Waals surface area contributed by atoms with Gasteiger partial charge in [0.2, 0.25) is 0 Å². The summed E-state index contributed by atoms with van der Waals surface area (Å²) in [6.45, 7) is 19.7. The fraction of sp³-hybridized carbons (Fsp3) is 0.867. The average Bonchev–Trinajstić information content (AvgIpc) is 3.48. The van der Waals surface area contributed by atoms with Crippen LogP contribution in [0.2, 0.25) is 0 Å². The number of rotatable bonds is 22. The Balaban J connectivity index is 0.902. The van der Waals surface area contributed by atoms with Gasteiger partial charge in [-0.1, -0.05) is 59.9 Å². The largest absolute Gasteiger partial charge is 0.504 e. The van der Waals surface area contributed by atoms with Gasteiger partial charge in [-0.05, 0) is 186 Å². The average molecular weight is 725 g/mol. The van der Waals surface area contributed by atoms with Gasteiger partial charge in [-0.15, -0.1) is 0 Å². The van der Waals surface area contributed by atoms with Gasteiger partial charge in [0.05, 0.1) is 13.2 Å². The van der Waals surface area contributed by atoms with Crippen LogP contribution in [0.4, 0.5) is 0 Å². The summed E-state index contributed by atoms with van der Waals surface area (Å²) in [5.41, 5.74) is 1.98. The van der Waals surface area contributed by atoms with Gasteiger partial charge in [0.1, 0.15) is 0 Å². The molecule has 0 bridgehead atoms. The third kappa shape index (κ3) is 10.5. The minimum atomic E-state index is -0.0918. The zero-order chi connectivity index (χ0) is 37.1. The number of methoxy groups -OCH3 is 1. The van der Waals surface area contributed by atoms with Gasteiger partial charge >= 0.3 is 0 Å². The van der Waals surface area contributed by atoms with Gasteiger partial charge in [0.25, 0.3) is 0 Å². The molecule has 4 fully saturated rings. The molecular weight excluding hydrogens is 645 g/mol. The monoisotopic (exact) mass is 725 g/mol. The summed E-state index contributed by atoms with van der Waals surface area (Å²) in [5, 5.41) is 36.2. The Kier molecular flexibility index (Phi) is 16.1. The second-order valence-corrected chi connectivity index (χ2v) is 18.8. The molecule has 3 unspecified atom stereocenters. The van der Waals surface area contributed by atoms with Crippen molar-refractivity contribution in [3.8, 4) is 11.5 Å². The molecule has 0 saturated heterocycles. The van der Waals surface area contributed by atoms with Crippen LogP contribution in [0, 0.1) is 52.3 Å². The van der Waals surface area contributed by atoms with E-state index < -0.39 is 0 Å². The van der Waals surface area contributed by atoms with Gasteiger partial charge in [-0.2, -0.15) is 0 Å². The number of phenolic OH excluding ortho intramolecular Hbond substituents is 1. The number of benzene rings is 1. The summed E-state index contributed by atoms with van der Waals surface area (Å²) in [5.74, 6) is 5.88. The van der Waals surface area contributed by atoms with E-state index in [-0.39, 0.29) is 11.9 Å². The van der Waals surface area contributed by atoms with Crippen LogP contribution in [0.5, 0.6) is 11.5 Å². The van der Waals surface area contributed by atoms with Crippen molar-refractivity contribution in [3.05, 3.63) is 23.8 Å². The van der Waals surface area contributed by atoms with Gasteiger partial charge in [0.15, 0.2) is 11.5 Å². The lowest BCUT2D eigenvalue weighted by atomic mass is 9.43. The standard InChI is InChI=1S/C45H80N4O3/c1-32(2)12-9-13-33(3)37-15-16-38-43-39(19-21-45(37,38)5)44(4)20-18-36(29-35(44)30-41(43)51)49-27-11-25-47-23-8-7-22-46-24-10-26-48-31-34-14-17-40(50)42(28-34)52-6/h14,17,28,32-33,35-39,41,43,46-51H,7-13,15-16,18-27,29-31H2,1-6H3/t33-,35-,36+,37-,38?,39?,41-,43?,44+,45-/m1/s1. The van der Waals surface area contributed by atoms with Gasteiger partial charge < -0.3 is 36.2 Å². The van der Waals surface area contributed by atoms with E-state index in [4.69, 9.17) is 4.74 Å². The molecular formula is C45H80N4O3. The van der Waals surface area contributed by atoms with Crippen LogP contribution in [-0.4, -0.2) is 68.7 Å². The number of aliphatic hydroxyl groups is 1. The Morgan fingerprint density at radius 1 is 0.769 bits per heavy atom. The van der Waals surface area contributed by atoms with Crippen molar-refractivity contribution in [2.24, 2.45) is 52.3 Å². The molecule has 10 atom stereocenters.